The fraction of sp³-hybridized carbons (Fsp3) is 0.0952. The van der Waals surface area contributed by atoms with Gasteiger partial charge >= 0.3 is 0 Å². The maximum Gasteiger partial charge on any atom is 0.260 e. The summed E-state index contributed by atoms with van der Waals surface area (Å²) in [6.07, 6.45) is 5.24. The Hall–Kier alpha value is -2.81. The highest BCUT2D eigenvalue weighted by molar-refractivity contribution is 7.99. The van der Waals surface area contributed by atoms with Crippen molar-refractivity contribution in [3.63, 3.8) is 0 Å². The van der Waals surface area contributed by atoms with E-state index in [9.17, 15) is 4.79 Å². The van der Waals surface area contributed by atoms with Crippen molar-refractivity contribution in [2.24, 2.45) is 0 Å². The summed E-state index contributed by atoms with van der Waals surface area (Å²) in [5, 5.41) is 3.83. The third-order valence-corrected chi connectivity index (χ3v) is 6.84. The Bertz CT molecular complexity index is 1370. The summed E-state index contributed by atoms with van der Waals surface area (Å²) in [5.74, 6) is 1.27. The number of furan rings is 1. The van der Waals surface area contributed by atoms with Gasteiger partial charge in [0.2, 0.25) is 0 Å². The minimum absolute atomic E-state index is 0.107. The largest absolute Gasteiger partial charge is 0.464 e. The van der Waals surface area contributed by atoms with Crippen molar-refractivity contribution in [2.45, 2.75) is 17.3 Å². The average molecular weight is 455 g/mol. The minimum Gasteiger partial charge on any atom is -0.464 e. The lowest BCUT2D eigenvalue weighted by atomic mass is 10.2. The van der Waals surface area contributed by atoms with Gasteiger partial charge in [0.05, 0.1) is 16.9 Å². The van der Waals surface area contributed by atoms with E-state index >= 15 is 0 Å². The first-order chi connectivity index (χ1) is 14.6. The number of thioether (sulfide) groups is 1. The molecule has 9 heteroatoms. The average Bonchev–Trinajstić information content (AvgIpc) is 3.49. The minimum atomic E-state index is -0.170. The van der Waals surface area contributed by atoms with E-state index in [-0.39, 0.29) is 10.8 Å². The molecule has 5 aromatic rings. The van der Waals surface area contributed by atoms with Gasteiger partial charge in [0.1, 0.15) is 16.4 Å². The van der Waals surface area contributed by atoms with Crippen LogP contribution in [0.2, 0.25) is 5.02 Å². The molecule has 5 rings (SSSR count). The topological polar surface area (TPSA) is 76.7 Å². The van der Waals surface area contributed by atoms with E-state index in [1.54, 1.807) is 18.5 Å². The molecule has 1 aromatic carbocycles. The summed E-state index contributed by atoms with van der Waals surface area (Å²) in [4.78, 5) is 25.6. The van der Waals surface area contributed by atoms with Crippen LogP contribution in [-0.2, 0) is 0 Å². The van der Waals surface area contributed by atoms with Crippen LogP contribution in [-0.4, -0.2) is 19.5 Å². The predicted octanol–water partition coefficient (Wildman–Crippen LogP) is 5.94. The predicted molar refractivity (Wildman–Crippen MR) is 121 cm³/mol. The number of benzene rings is 1. The second-order valence-corrected chi connectivity index (χ2v) is 9.18. The van der Waals surface area contributed by atoms with Crippen molar-refractivity contribution in [3.05, 3.63) is 81.6 Å². The molecule has 0 saturated heterocycles. The van der Waals surface area contributed by atoms with E-state index in [0.717, 1.165) is 16.4 Å². The van der Waals surface area contributed by atoms with Gasteiger partial charge in [-0.05, 0) is 43.3 Å². The van der Waals surface area contributed by atoms with Gasteiger partial charge < -0.3 is 9.40 Å². The van der Waals surface area contributed by atoms with Gasteiger partial charge in [-0.25, -0.2) is 9.97 Å². The van der Waals surface area contributed by atoms with Gasteiger partial charge in [-0.2, -0.15) is 0 Å². The fourth-order valence-corrected chi connectivity index (χ4v) is 5.16. The van der Waals surface area contributed by atoms with E-state index < -0.39 is 0 Å². The van der Waals surface area contributed by atoms with Crippen molar-refractivity contribution < 1.29 is 4.42 Å². The van der Waals surface area contributed by atoms with Crippen molar-refractivity contribution in [1.29, 1.82) is 0 Å². The van der Waals surface area contributed by atoms with Crippen LogP contribution in [0.4, 0.5) is 0 Å². The second kappa shape index (κ2) is 7.79. The number of hydrogen-bond donors (Lipinski definition) is 1. The summed E-state index contributed by atoms with van der Waals surface area (Å²) >= 11 is 8.95. The summed E-state index contributed by atoms with van der Waals surface area (Å²) in [6.45, 7) is 2.00. The van der Waals surface area contributed by atoms with E-state index in [4.69, 9.17) is 21.0 Å². The molecule has 0 radical (unpaired) electrons. The number of halogens is 1. The molecule has 150 valence electrons. The molecule has 30 heavy (non-hydrogen) atoms. The number of fused-ring (bicyclic) bond motifs is 1. The Morgan fingerprint density at radius 2 is 2.10 bits per heavy atom. The van der Waals surface area contributed by atoms with Crippen LogP contribution in [0.3, 0.4) is 0 Å². The van der Waals surface area contributed by atoms with Crippen LogP contribution in [0.25, 0.3) is 27.2 Å². The van der Waals surface area contributed by atoms with Crippen LogP contribution >= 0.6 is 34.7 Å². The first kappa shape index (κ1) is 19.2. The molecule has 0 bridgehead atoms. The van der Waals surface area contributed by atoms with Crippen molar-refractivity contribution in [2.75, 3.05) is 0 Å². The van der Waals surface area contributed by atoms with Gasteiger partial charge in [0.25, 0.3) is 5.56 Å². The number of thiophene rings is 1. The van der Waals surface area contributed by atoms with Crippen LogP contribution in [0.1, 0.15) is 18.0 Å². The van der Waals surface area contributed by atoms with Crippen LogP contribution in [0, 0.1) is 0 Å². The monoisotopic (exact) mass is 454 g/mol. The summed E-state index contributed by atoms with van der Waals surface area (Å²) < 4.78 is 7.43. The SMILES string of the molecule is CC(Sc1nccn1-c1ccc(Cl)cc1)c1nc2scc(-c3ccco3)c2c(=O)[nH]1. The van der Waals surface area contributed by atoms with E-state index in [1.165, 1.54) is 23.1 Å². The Morgan fingerprint density at radius 1 is 1.27 bits per heavy atom. The lowest BCUT2D eigenvalue weighted by Crippen LogP contribution is -2.12. The molecule has 0 aliphatic heterocycles. The van der Waals surface area contributed by atoms with E-state index in [1.807, 2.05) is 53.4 Å². The van der Waals surface area contributed by atoms with Crippen molar-refractivity contribution in [3.8, 4) is 17.0 Å². The standard InChI is InChI=1S/C21H15ClN4O2S2/c1-12(30-21-23-8-9-26(21)14-6-4-13(22)5-7-14)18-24-19(27)17-15(11-29-20(17)25-18)16-3-2-10-28-16/h2-12H,1H3,(H,24,25,27). The Labute approximate surface area is 184 Å². The highest BCUT2D eigenvalue weighted by Gasteiger charge is 2.19. The molecule has 1 unspecified atom stereocenters. The second-order valence-electron chi connectivity index (χ2n) is 6.57. The molecule has 6 nitrogen and oxygen atoms in total. The van der Waals surface area contributed by atoms with Crippen LogP contribution in [0.15, 0.2) is 74.8 Å². The highest BCUT2D eigenvalue weighted by Crippen LogP contribution is 2.35. The lowest BCUT2D eigenvalue weighted by molar-refractivity contribution is 0.583. The number of aromatic amines is 1. The number of imidazole rings is 1. The maximum atomic E-state index is 12.8. The Kier molecular flexibility index (Phi) is 4.98. The van der Waals surface area contributed by atoms with Gasteiger partial charge in [-0.3, -0.25) is 9.36 Å². The zero-order valence-electron chi connectivity index (χ0n) is 15.7. The molecule has 4 heterocycles. The molecule has 1 N–H and O–H groups in total. The summed E-state index contributed by atoms with van der Waals surface area (Å²) in [7, 11) is 0. The number of nitrogens with zero attached hydrogens (tertiary/aromatic N) is 3. The smallest absolute Gasteiger partial charge is 0.260 e. The number of H-pyrrole nitrogens is 1. The van der Waals surface area contributed by atoms with Gasteiger partial charge in [0, 0.05) is 34.0 Å². The molecule has 0 fully saturated rings. The first-order valence-electron chi connectivity index (χ1n) is 9.11. The third-order valence-electron chi connectivity index (χ3n) is 4.63. The maximum absolute atomic E-state index is 12.8. The number of aromatic nitrogens is 4. The van der Waals surface area contributed by atoms with Gasteiger partial charge in [0.15, 0.2) is 5.16 Å². The Balaban J connectivity index is 1.46. The van der Waals surface area contributed by atoms with Crippen molar-refractivity contribution in [1.82, 2.24) is 19.5 Å². The summed E-state index contributed by atoms with van der Waals surface area (Å²) in [6, 6.07) is 11.2. The molecule has 0 amide bonds. The fourth-order valence-electron chi connectivity index (χ4n) is 3.16. The van der Waals surface area contributed by atoms with Gasteiger partial charge in [-0.15, -0.1) is 11.3 Å². The molecule has 4 aromatic heterocycles. The molecular formula is C21H15ClN4O2S2. The third kappa shape index (κ3) is 3.47. The zero-order chi connectivity index (χ0) is 20.7. The number of rotatable bonds is 5. The zero-order valence-corrected chi connectivity index (χ0v) is 18.1. The lowest BCUT2D eigenvalue weighted by Gasteiger charge is -2.12. The molecular weight excluding hydrogens is 440 g/mol. The quantitative estimate of drug-likeness (QED) is 0.333. The van der Waals surface area contributed by atoms with E-state index in [2.05, 4.69) is 9.97 Å². The van der Waals surface area contributed by atoms with E-state index in [0.29, 0.717) is 26.8 Å². The highest BCUT2D eigenvalue weighted by atomic mass is 35.5. The molecule has 0 aliphatic rings. The molecule has 0 aliphatic carbocycles. The molecule has 0 spiro atoms. The van der Waals surface area contributed by atoms with Gasteiger partial charge in [-0.1, -0.05) is 23.4 Å². The molecule has 0 saturated carbocycles. The number of hydrogen-bond acceptors (Lipinski definition) is 6. The van der Waals surface area contributed by atoms with Crippen LogP contribution in [0.5, 0.6) is 0 Å². The van der Waals surface area contributed by atoms with Crippen molar-refractivity contribution >= 4 is 44.9 Å². The van der Waals surface area contributed by atoms with Crippen LogP contribution < -0.4 is 5.56 Å². The first-order valence-corrected chi connectivity index (χ1v) is 11.2. The molecule has 1 atom stereocenters. The number of nitrogens with one attached hydrogen (secondary N) is 1. The normalized spacial score (nSPS) is 12.5. The summed E-state index contributed by atoms with van der Waals surface area (Å²) in [5.41, 5.74) is 1.56. The Morgan fingerprint density at radius 3 is 2.87 bits per heavy atom.